The number of hydrogen-bond donors (Lipinski definition) is 3. The molecule has 0 bridgehead atoms. The lowest BCUT2D eigenvalue weighted by atomic mass is 9.71. The van der Waals surface area contributed by atoms with Crippen molar-refractivity contribution in [2.75, 3.05) is 12.4 Å². The highest BCUT2D eigenvalue weighted by molar-refractivity contribution is 5.91. The summed E-state index contributed by atoms with van der Waals surface area (Å²) in [5.74, 6) is 1.90. The molecule has 1 aliphatic carbocycles. The Kier molecular flexibility index (Phi) is 7.43. The number of amides is 2. The molecular formula is C37H36N6O4. The van der Waals surface area contributed by atoms with Gasteiger partial charge < -0.3 is 25.4 Å². The van der Waals surface area contributed by atoms with Gasteiger partial charge in [-0.25, -0.2) is 19.6 Å². The van der Waals surface area contributed by atoms with Gasteiger partial charge in [-0.15, -0.1) is 0 Å². The number of ether oxygens (including phenoxy) is 2. The number of para-hydroxylation sites is 1. The van der Waals surface area contributed by atoms with Gasteiger partial charge in [0.2, 0.25) is 0 Å². The summed E-state index contributed by atoms with van der Waals surface area (Å²) in [5, 5.41) is 9.14. The van der Waals surface area contributed by atoms with Gasteiger partial charge in [-0.1, -0.05) is 36.4 Å². The van der Waals surface area contributed by atoms with E-state index in [-0.39, 0.29) is 0 Å². The van der Waals surface area contributed by atoms with Crippen LogP contribution in [0.3, 0.4) is 0 Å². The van der Waals surface area contributed by atoms with Crippen LogP contribution in [-0.2, 0) is 10.3 Å². The van der Waals surface area contributed by atoms with E-state index in [0.717, 1.165) is 70.1 Å². The zero-order chi connectivity index (χ0) is 32.8. The Morgan fingerprint density at radius 3 is 2.30 bits per heavy atom. The molecule has 1 saturated carbocycles. The van der Waals surface area contributed by atoms with Crippen molar-refractivity contribution < 1.29 is 19.1 Å². The van der Waals surface area contributed by atoms with E-state index in [1.165, 1.54) is 7.05 Å². The summed E-state index contributed by atoms with van der Waals surface area (Å²) >= 11 is 0. The second-order valence-corrected chi connectivity index (χ2v) is 12.8. The van der Waals surface area contributed by atoms with Crippen LogP contribution < -0.4 is 20.7 Å². The van der Waals surface area contributed by atoms with Crippen molar-refractivity contribution in [1.29, 1.82) is 0 Å². The van der Waals surface area contributed by atoms with Gasteiger partial charge in [-0.05, 0) is 94.1 Å². The SMILES string of the molecule is CNC(=O)Oc1ccc(-c2nc3n(c2-c2ccc(C4(NC(=O)OC(C)(C)C)CCC4)cc2)-c2cccnc2Nc2ccccc2-3)cc1. The molecule has 2 amide bonds. The van der Waals surface area contributed by atoms with E-state index in [1.54, 1.807) is 18.3 Å². The van der Waals surface area contributed by atoms with Gasteiger partial charge in [0.15, 0.2) is 5.82 Å². The van der Waals surface area contributed by atoms with Crippen molar-refractivity contribution >= 4 is 23.7 Å². The van der Waals surface area contributed by atoms with Gasteiger partial charge in [-0.2, -0.15) is 0 Å². The number of carbonyl (C=O) groups is 2. The van der Waals surface area contributed by atoms with Crippen LogP contribution in [-0.4, -0.2) is 39.4 Å². The Morgan fingerprint density at radius 2 is 1.62 bits per heavy atom. The second kappa shape index (κ2) is 11.6. The summed E-state index contributed by atoms with van der Waals surface area (Å²) in [4.78, 5) is 34.6. The molecule has 1 fully saturated rings. The van der Waals surface area contributed by atoms with E-state index in [2.05, 4.69) is 44.8 Å². The monoisotopic (exact) mass is 628 g/mol. The minimum atomic E-state index is -0.583. The van der Waals surface area contributed by atoms with Crippen molar-refractivity contribution in [3.8, 4) is 45.3 Å². The first-order valence-electron chi connectivity index (χ1n) is 15.7. The Hall–Kier alpha value is -5.64. The highest BCUT2D eigenvalue weighted by Crippen LogP contribution is 2.46. The first-order valence-corrected chi connectivity index (χ1v) is 15.7. The number of carbonyl (C=O) groups excluding carboxylic acids is 2. The molecule has 3 aromatic carbocycles. The fraction of sp³-hybridized carbons (Fsp3) is 0.243. The van der Waals surface area contributed by atoms with Crippen LogP contribution in [0.25, 0.3) is 39.6 Å². The van der Waals surface area contributed by atoms with E-state index in [0.29, 0.717) is 11.6 Å². The number of hydrogen-bond acceptors (Lipinski definition) is 7. The number of rotatable bonds is 5. The first-order chi connectivity index (χ1) is 22.6. The summed E-state index contributed by atoms with van der Waals surface area (Å²) in [7, 11) is 1.52. The van der Waals surface area contributed by atoms with Gasteiger partial charge >= 0.3 is 12.2 Å². The number of anilines is 2. The third kappa shape index (κ3) is 5.67. The third-order valence-corrected chi connectivity index (χ3v) is 8.53. The number of fused-ring (bicyclic) bond motifs is 5. The van der Waals surface area contributed by atoms with Crippen LogP contribution in [0.1, 0.15) is 45.6 Å². The molecule has 7 rings (SSSR count). The molecule has 10 nitrogen and oxygen atoms in total. The lowest BCUT2D eigenvalue weighted by Crippen LogP contribution is -2.52. The lowest BCUT2D eigenvalue weighted by Gasteiger charge is -2.43. The number of pyridine rings is 1. The van der Waals surface area contributed by atoms with E-state index >= 15 is 0 Å². The molecule has 0 atom stereocenters. The zero-order valence-electron chi connectivity index (χ0n) is 26.8. The molecule has 1 aliphatic heterocycles. The maximum atomic E-state index is 12.8. The number of nitrogens with one attached hydrogen (secondary N) is 3. The number of alkyl carbamates (subject to hydrolysis) is 1. The largest absolute Gasteiger partial charge is 0.444 e. The van der Waals surface area contributed by atoms with Crippen LogP contribution >= 0.6 is 0 Å². The van der Waals surface area contributed by atoms with Gasteiger partial charge in [0.05, 0.1) is 28.3 Å². The molecule has 238 valence electrons. The van der Waals surface area contributed by atoms with E-state index in [9.17, 15) is 9.59 Å². The number of imidazole rings is 1. The molecule has 2 aromatic heterocycles. The van der Waals surface area contributed by atoms with E-state index in [4.69, 9.17) is 19.4 Å². The predicted octanol–water partition coefficient (Wildman–Crippen LogP) is 7.95. The second-order valence-electron chi connectivity index (χ2n) is 12.8. The maximum absolute atomic E-state index is 12.8. The highest BCUT2D eigenvalue weighted by Gasteiger charge is 2.41. The first kappa shape index (κ1) is 30.0. The minimum absolute atomic E-state index is 0.413. The Labute approximate surface area is 273 Å². The van der Waals surface area contributed by atoms with Crippen molar-refractivity contribution in [2.45, 2.75) is 51.2 Å². The van der Waals surface area contributed by atoms with E-state index in [1.807, 2.05) is 69.3 Å². The Balaban J connectivity index is 1.37. The standard InChI is InChI=1S/C37H36N6O4/c1-36(2,3)47-35(45)42-37(20-8-21-37)25-16-12-24(13-17-25)31-30(23-14-18-26(19-15-23)46-34(44)38-4)41-33-27-9-5-6-10-28(27)40-32-29(43(31)33)11-7-22-39-32/h5-7,9-19,22H,8,20-21H2,1-4H3,(H,38,44)(H,39,40)(H,42,45). The Morgan fingerprint density at radius 1 is 0.894 bits per heavy atom. The molecule has 3 N–H and O–H groups in total. The molecule has 0 radical (unpaired) electrons. The molecule has 0 unspecified atom stereocenters. The molecule has 5 aromatic rings. The summed E-state index contributed by atoms with van der Waals surface area (Å²) < 4.78 is 13.1. The van der Waals surface area contributed by atoms with Crippen molar-refractivity contribution in [2.24, 2.45) is 0 Å². The van der Waals surface area contributed by atoms with Crippen LogP contribution in [0.2, 0.25) is 0 Å². The van der Waals surface area contributed by atoms with Crippen molar-refractivity contribution in [1.82, 2.24) is 25.2 Å². The summed E-state index contributed by atoms with van der Waals surface area (Å²) in [6.07, 6.45) is 3.52. The Bertz CT molecular complexity index is 1970. The summed E-state index contributed by atoms with van der Waals surface area (Å²) in [6.45, 7) is 5.60. The topological polar surface area (TPSA) is 119 Å². The maximum Gasteiger partial charge on any atom is 0.412 e. The molecule has 47 heavy (non-hydrogen) atoms. The molecule has 0 saturated heterocycles. The van der Waals surface area contributed by atoms with Gasteiger partial charge in [-0.3, -0.25) is 4.57 Å². The smallest absolute Gasteiger partial charge is 0.412 e. The molecular weight excluding hydrogens is 592 g/mol. The predicted molar refractivity (Wildman–Crippen MR) is 181 cm³/mol. The highest BCUT2D eigenvalue weighted by atomic mass is 16.6. The van der Waals surface area contributed by atoms with Crippen LogP contribution in [0.4, 0.5) is 21.1 Å². The van der Waals surface area contributed by atoms with Crippen LogP contribution in [0.15, 0.2) is 91.1 Å². The molecule has 3 heterocycles. The fourth-order valence-electron chi connectivity index (χ4n) is 6.19. The van der Waals surface area contributed by atoms with Gasteiger partial charge in [0.1, 0.15) is 17.2 Å². The minimum Gasteiger partial charge on any atom is -0.444 e. The number of aromatic nitrogens is 3. The van der Waals surface area contributed by atoms with Gasteiger partial charge in [0.25, 0.3) is 0 Å². The van der Waals surface area contributed by atoms with Gasteiger partial charge in [0, 0.05) is 29.9 Å². The lowest BCUT2D eigenvalue weighted by molar-refractivity contribution is 0.0377. The van der Waals surface area contributed by atoms with Crippen molar-refractivity contribution in [3.05, 3.63) is 96.7 Å². The molecule has 2 aliphatic rings. The molecule has 10 heteroatoms. The number of nitrogens with zero attached hydrogens (tertiary/aromatic N) is 3. The van der Waals surface area contributed by atoms with Crippen LogP contribution in [0, 0.1) is 0 Å². The average Bonchev–Trinajstić information content (AvgIpc) is 3.37. The summed E-state index contributed by atoms with van der Waals surface area (Å²) in [5.41, 5.74) is 6.10. The average molecular weight is 629 g/mol. The quantitative estimate of drug-likeness (QED) is 0.177. The third-order valence-electron chi connectivity index (χ3n) is 8.53. The zero-order valence-corrected chi connectivity index (χ0v) is 26.8. The normalized spacial score (nSPS) is 14.2. The summed E-state index contributed by atoms with van der Waals surface area (Å²) in [6, 6.07) is 27.7. The molecule has 0 spiro atoms. The number of benzene rings is 3. The van der Waals surface area contributed by atoms with Crippen LogP contribution in [0.5, 0.6) is 5.75 Å². The fourth-order valence-corrected chi connectivity index (χ4v) is 6.19. The van der Waals surface area contributed by atoms with Crippen molar-refractivity contribution in [3.63, 3.8) is 0 Å². The van der Waals surface area contributed by atoms with E-state index < -0.39 is 23.3 Å².